The first-order valence-corrected chi connectivity index (χ1v) is 7.22. The summed E-state index contributed by atoms with van der Waals surface area (Å²) in [7, 11) is 1.31. The van der Waals surface area contributed by atoms with Crippen LogP contribution in [-0.4, -0.2) is 47.9 Å². The van der Waals surface area contributed by atoms with Crippen molar-refractivity contribution in [3.05, 3.63) is 22.5 Å². The lowest BCUT2D eigenvalue weighted by Crippen LogP contribution is -2.42. The van der Waals surface area contributed by atoms with E-state index >= 15 is 0 Å². The monoisotopic (exact) mass is 307 g/mol. The highest BCUT2D eigenvalue weighted by Crippen LogP contribution is 2.23. The molecule has 0 spiro atoms. The Balaban J connectivity index is 2.18. The van der Waals surface area contributed by atoms with Crippen molar-refractivity contribution in [1.29, 1.82) is 0 Å². The molecule has 7 heteroatoms. The van der Waals surface area contributed by atoms with Crippen molar-refractivity contribution >= 4 is 17.8 Å². The third kappa shape index (κ3) is 2.84. The Morgan fingerprint density at radius 2 is 1.82 bits per heavy atom. The van der Waals surface area contributed by atoms with Crippen LogP contribution >= 0.6 is 0 Å². The van der Waals surface area contributed by atoms with Crippen molar-refractivity contribution < 1.29 is 19.1 Å². The number of aromatic nitrogens is 1. The lowest BCUT2D eigenvalue weighted by molar-refractivity contribution is -0.123. The maximum absolute atomic E-state index is 12.6. The van der Waals surface area contributed by atoms with Crippen molar-refractivity contribution in [2.45, 2.75) is 26.7 Å². The number of nitrogens with one attached hydrogen (secondary N) is 1. The highest BCUT2D eigenvalue weighted by atomic mass is 16.5. The molecule has 120 valence electrons. The molecule has 1 saturated heterocycles. The van der Waals surface area contributed by atoms with Crippen molar-refractivity contribution in [3.8, 4) is 0 Å². The van der Waals surface area contributed by atoms with Crippen LogP contribution in [0.1, 0.15) is 44.9 Å². The molecular formula is C15H21N3O4. The molecule has 1 aliphatic heterocycles. The van der Waals surface area contributed by atoms with E-state index in [2.05, 4.69) is 4.98 Å². The normalized spacial score (nSPS) is 15.7. The zero-order valence-corrected chi connectivity index (χ0v) is 13.1. The van der Waals surface area contributed by atoms with Gasteiger partial charge in [-0.3, -0.25) is 9.59 Å². The molecule has 2 amide bonds. The molecule has 1 aromatic heterocycles. The first-order valence-electron chi connectivity index (χ1n) is 7.22. The van der Waals surface area contributed by atoms with Crippen molar-refractivity contribution in [2.75, 3.05) is 20.2 Å². The van der Waals surface area contributed by atoms with Gasteiger partial charge in [0.1, 0.15) is 5.69 Å². The fourth-order valence-corrected chi connectivity index (χ4v) is 2.90. The molecule has 1 aromatic rings. The van der Waals surface area contributed by atoms with Crippen molar-refractivity contribution in [3.63, 3.8) is 0 Å². The van der Waals surface area contributed by atoms with Gasteiger partial charge in [-0.05, 0) is 32.3 Å². The maximum atomic E-state index is 12.6. The fraction of sp³-hybridized carbons (Fsp3) is 0.533. The van der Waals surface area contributed by atoms with E-state index in [9.17, 15) is 14.4 Å². The van der Waals surface area contributed by atoms with Crippen LogP contribution in [0.25, 0.3) is 0 Å². The number of primary amides is 1. The van der Waals surface area contributed by atoms with Gasteiger partial charge < -0.3 is 20.4 Å². The number of nitrogens with zero attached hydrogens (tertiary/aromatic N) is 1. The van der Waals surface area contributed by atoms with Gasteiger partial charge in [0.05, 0.1) is 12.7 Å². The van der Waals surface area contributed by atoms with Gasteiger partial charge in [-0.2, -0.15) is 0 Å². The number of ether oxygens (including phenoxy) is 1. The summed E-state index contributed by atoms with van der Waals surface area (Å²) in [6.07, 6.45) is 1.15. The summed E-state index contributed by atoms with van der Waals surface area (Å²) in [4.78, 5) is 40.2. The number of hydrogen-bond acceptors (Lipinski definition) is 4. The smallest absolute Gasteiger partial charge is 0.339 e. The van der Waals surface area contributed by atoms with Crippen LogP contribution < -0.4 is 5.73 Å². The Morgan fingerprint density at radius 1 is 1.23 bits per heavy atom. The van der Waals surface area contributed by atoms with Gasteiger partial charge in [0, 0.05) is 24.7 Å². The van der Waals surface area contributed by atoms with Crippen LogP contribution in [0.4, 0.5) is 0 Å². The number of esters is 1. The van der Waals surface area contributed by atoms with Crippen LogP contribution in [-0.2, 0) is 9.53 Å². The van der Waals surface area contributed by atoms with E-state index in [1.54, 1.807) is 18.7 Å². The zero-order valence-electron chi connectivity index (χ0n) is 13.1. The molecule has 0 unspecified atom stereocenters. The third-order valence-corrected chi connectivity index (χ3v) is 4.23. The summed E-state index contributed by atoms with van der Waals surface area (Å²) < 4.78 is 4.74. The second-order valence-corrected chi connectivity index (χ2v) is 5.59. The Kier molecular flexibility index (Phi) is 4.54. The van der Waals surface area contributed by atoms with Gasteiger partial charge >= 0.3 is 5.97 Å². The number of likely N-dealkylation sites (tertiary alicyclic amines) is 1. The Labute approximate surface area is 128 Å². The van der Waals surface area contributed by atoms with Crippen LogP contribution in [0.3, 0.4) is 0 Å². The Bertz CT molecular complexity index is 613. The molecule has 7 nitrogen and oxygen atoms in total. The summed E-state index contributed by atoms with van der Waals surface area (Å²) in [5.41, 5.74) is 7.30. The van der Waals surface area contributed by atoms with Crippen LogP contribution in [0.2, 0.25) is 0 Å². The van der Waals surface area contributed by atoms with Gasteiger partial charge in [0.25, 0.3) is 5.91 Å². The van der Waals surface area contributed by atoms with E-state index < -0.39 is 5.97 Å². The number of carbonyl (C=O) groups is 3. The molecule has 0 aliphatic carbocycles. The summed E-state index contributed by atoms with van der Waals surface area (Å²) in [6, 6.07) is 0. The van der Waals surface area contributed by atoms with E-state index in [-0.39, 0.29) is 17.7 Å². The first kappa shape index (κ1) is 16.1. The standard InChI is InChI=1S/C15H21N3O4/c1-8-11(15(21)22-3)9(2)17-12(8)14(20)18-6-4-10(5-7-18)13(16)19/h10,17H,4-7H2,1-3H3,(H2,16,19). The summed E-state index contributed by atoms with van der Waals surface area (Å²) in [6.45, 7) is 4.42. The zero-order chi connectivity index (χ0) is 16.4. The minimum atomic E-state index is -0.460. The number of H-pyrrole nitrogens is 1. The van der Waals surface area contributed by atoms with Gasteiger partial charge in [-0.1, -0.05) is 0 Å². The van der Waals surface area contributed by atoms with E-state index in [4.69, 9.17) is 10.5 Å². The Hall–Kier alpha value is -2.31. The van der Waals surface area contributed by atoms with Gasteiger partial charge in [0.2, 0.25) is 5.91 Å². The number of nitrogens with two attached hydrogens (primary N) is 1. The molecule has 0 aromatic carbocycles. The lowest BCUT2D eigenvalue weighted by Gasteiger charge is -2.30. The highest BCUT2D eigenvalue weighted by Gasteiger charge is 2.29. The van der Waals surface area contributed by atoms with Crippen LogP contribution in [0.15, 0.2) is 0 Å². The average Bonchev–Trinajstić information content (AvgIpc) is 2.80. The highest BCUT2D eigenvalue weighted by molar-refractivity contribution is 6.00. The van der Waals surface area contributed by atoms with Gasteiger partial charge in [0.15, 0.2) is 0 Å². The molecule has 2 heterocycles. The summed E-state index contributed by atoms with van der Waals surface area (Å²) in [5, 5.41) is 0. The molecular weight excluding hydrogens is 286 g/mol. The SMILES string of the molecule is COC(=O)c1c(C)[nH]c(C(=O)N2CCC(C(N)=O)CC2)c1C. The Morgan fingerprint density at radius 3 is 2.32 bits per heavy atom. The second-order valence-electron chi connectivity index (χ2n) is 5.59. The average molecular weight is 307 g/mol. The van der Waals surface area contributed by atoms with E-state index in [1.165, 1.54) is 7.11 Å². The number of aromatic amines is 1. The summed E-state index contributed by atoms with van der Waals surface area (Å²) in [5.74, 6) is -1.11. The molecule has 0 atom stereocenters. The van der Waals surface area contributed by atoms with E-state index in [0.717, 1.165) is 0 Å². The molecule has 3 N–H and O–H groups in total. The largest absolute Gasteiger partial charge is 0.465 e. The van der Waals surface area contributed by atoms with E-state index in [0.29, 0.717) is 48.4 Å². The molecule has 2 rings (SSSR count). The van der Waals surface area contributed by atoms with Gasteiger partial charge in [-0.25, -0.2) is 4.79 Å². The third-order valence-electron chi connectivity index (χ3n) is 4.23. The molecule has 0 bridgehead atoms. The van der Waals surface area contributed by atoms with Crippen molar-refractivity contribution in [2.24, 2.45) is 11.7 Å². The number of aryl methyl sites for hydroxylation is 1. The maximum Gasteiger partial charge on any atom is 0.339 e. The van der Waals surface area contributed by atoms with Crippen LogP contribution in [0.5, 0.6) is 0 Å². The minimum Gasteiger partial charge on any atom is -0.465 e. The minimum absolute atomic E-state index is 0.166. The number of hydrogen-bond donors (Lipinski definition) is 2. The molecule has 0 radical (unpaired) electrons. The predicted molar refractivity (Wildman–Crippen MR) is 79.4 cm³/mol. The quantitative estimate of drug-likeness (QED) is 0.804. The predicted octanol–water partition coefficient (Wildman–Crippen LogP) is 0.756. The van der Waals surface area contributed by atoms with Crippen molar-refractivity contribution in [1.82, 2.24) is 9.88 Å². The first-order chi connectivity index (χ1) is 10.4. The topological polar surface area (TPSA) is 105 Å². The fourth-order valence-electron chi connectivity index (χ4n) is 2.90. The lowest BCUT2D eigenvalue weighted by atomic mass is 9.96. The molecule has 1 aliphatic rings. The number of carbonyl (C=O) groups excluding carboxylic acids is 3. The second kappa shape index (κ2) is 6.21. The number of piperidine rings is 1. The summed E-state index contributed by atoms with van der Waals surface area (Å²) >= 11 is 0. The van der Waals surface area contributed by atoms with Gasteiger partial charge in [-0.15, -0.1) is 0 Å². The van der Waals surface area contributed by atoms with Crippen LogP contribution in [0, 0.1) is 19.8 Å². The molecule has 0 saturated carbocycles. The molecule has 1 fully saturated rings. The number of amides is 2. The molecule has 22 heavy (non-hydrogen) atoms. The number of rotatable bonds is 3. The number of methoxy groups -OCH3 is 1. The van der Waals surface area contributed by atoms with E-state index in [1.807, 2.05) is 0 Å².